The monoisotopic (exact) mass is 727 g/mol. The molecule has 2 aromatic heterocycles. The number of pyridine rings is 1. The molecule has 1 aliphatic heterocycles. The van der Waals surface area contributed by atoms with Crippen molar-refractivity contribution in [3.8, 4) is 11.5 Å². The lowest BCUT2D eigenvalue weighted by Gasteiger charge is -2.26. The summed E-state index contributed by atoms with van der Waals surface area (Å²) in [6, 6.07) is 15.7. The predicted molar refractivity (Wildman–Crippen MR) is 189 cm³/mol. The SMILES string of the molecule is COc1ccc([C@H](Cc2c(Cl)c[n+]([O-])cc2Cl)c2cc(CNC(C(=O)OCCN3CCCCC3)c3ccccc3)sc2C(=O)O)cc1OC. The normalized spacial score (nSPS) is 14.6. The van der Waals surface area contributed by atoms with Crippen molar-refractivity contribution in [3.05, 3.63) is 114 Å². The van der Waals surface area contributed by atoms with Crippen LogP contribution in [0.1, 0.15) is 68.0 Å². The molecule has 0 aliphatic carbocycles. The summed E-state index contributed by atoms with van der Waals surface area (Å²) in [5.41, 5.74) is 2.48. The van der Waals surface area contributed by atoms with Gasteiger partial charge in [-0.2, -0.15) is 4.73 Å². The van der Waals surface area contributed by atoms with Gasteiger partial charge in [-0.05, 0) is 67.2 Å². The molecule has 4 aromatic rings. The van der Waals surface area contributed by atoms with E-state index in [1.165, 1.54) is 33.0 Å². The van der Waals surface area contributed by atoms with E-state index in [1.54, 1.807) is 12.1 Å². The maximum absolute atomic E-state index is 13.4. The zero-order chi connectivity index (χ0) is 34.9. The molecule has 1 unspecified atom stereocenters. The van der Waals surface area contributed by atoms with Gasteiger partial charge in [0, 0.05) is 29.4 Å². The molecule has 0 amide bonds. The average molecular weight is 729 g/mol. The van der Waals surface area contributed by atoms with Gasteiger partial charge >= 0.3 is 11.9 Å². The number of halogens is 2. The van der Waals surface area contributed by atoms with E-state index in [4.69, 9.17) is 37.4 Å². The minimum absolute atomic E-state index is 0.124. The summed E-state index contributed by atoms with van der Waals surface area (Å²) in [7, 11) is 3.05. The van der Waals surface area contributed by atoms with Crippen molar-refractivity contribution in [1.82, 2.24) is 10.2 Å². The number of aromatic carboxylic acids is 1. The number of benzene rings is 2. The Kier molecular flexibility index (Phi) is 12.8. The molecule has 1 aliphatic rings. The second-order valence-electron chi connectivity index (χ2n) is 11.8. The lowest BCUT2D eigenvalue weighted by atomic mass is 9.85. The standard InChI is InChI=1S/C36H39Cl2N3O7S/c1-46-31-12-11-24(17-32(31)47-2)26(19-28-29(37)21-41(45)22-30(28)38)27-18-25(49-34(27)35(42)43)20-39-33(23-9-5-3-6-10-23)36(44)48-16-15-40-13-7-4-8-14-40/h3,5-6,9-12,17-18,21-22,26,33,39H,4,7-8,13-16,19-20H2,1-2H3,(H,42,43)/t26-,33?/m0/s1. The van der Waals surface area contributed by atoms with Gasteiger partial charge in [-0.1, -0.05) is 66.0 Å². The number of thiophene rings is 1. The van der Waals surface area contributed by atoms with Crippen LogP contribution in [0.2, 0.25) is 10.0 Å². The molecular formula is C36H39Cl2N3O7S. The fourth-order valence-corrected chi connectivity index (χ4v) is 7.71. The van der Waals surface area contributed by atoms with Crippen molar-refractivity contribution in [2.45, 2.75) is 44.2 Å². The molecule has 49 heavy (non-hydrogen) atoms. The minimum atomic E-state index is -1.10. The Labute approximate surface area is 299 Å². The molecule has 2 aromatic carbocycles. The van der Waals surface area contributed by atoms with Crippen LogP contribution in [-0.2, 0) is 22.5 Å². The van der Waals surface area contributed by atoms with E-state index < -0.39 is 23.9 Å². The van der Waals surface area contributed by atoms with E-state index in [-0.39, 0.29) is 27.9 Å². The van der Waals surface area contributed by atoms with Crippen LogP contribution in [0.25, 0.3) is 0 Å². The number of rotatable bonds is 15. The molecule has 3 heterocycles. The molecule has 260 valence electrons. The topological polar surface area (TPSA) is 124 Å². The molecule has 2 N–H and O–H groups in total. The second kappa shape index (κ2) is 17.2. The van der Waals surface area contributed by atoms with Gasteiger partial charge in [0.15, 0.2) is 23.9 Å². The largest absolute Gasteiger partial charge is 0.619 e. The summed E-state index contributed by atoms with van der Waals surface area (Å²) in [6.07, 6.45) is 6.15. The molecule has 0 saturated carbocycles. The van der Waals surface area contributed by atoms with Gasteiger partial charge in [0.2, 0.25) is 0 Å². The van der Waals surface area contributed by atoms with Gasteiger partial charge in [-0.3, -0.25) is 10.2 Å². The third-order valence-electron chi connectivity index (χ3n) is 8.61. The number of piperidine rings is 1. The molecule has 13 heteroatoms. The number of esters is 1. The number of methoxy groups -OCH3 is 2. The molecule has 0 spiro atoms. The number of likely N-dealkylation sites (tertiary alicyclic amines) is 1. The maximum atomic E-state index is 13.4. The third-order valence-corrected chi connectivity index (χ3v) is 10.4. The Balaban J connectivity index is 1.45. The number of carboxylic acids is 1. The second-order valence-corrected chi connectivity index (χ2v) is 13.7. The first-order chi connectivity index (χ1) is 23.7. The number of nitrogens with one attached hydrogen (secondary N) is 1. The van der Waals surface area contributed by atoms with Crippen molar-refractivity contribution in [2.24, 2.45) is 0 Å². The van der Waals surface area contributed by atoms with Crippen LogP contribution in [0, 0.1) is 5.21 Å². The summed E-state index contributed by atoms with van der Waals surface area (Å²) in [6.45, 7) is 3.20. The Morgan fingerprint density at radius 2 is 1.67 bits per heavy atom. The summed E-state index contributed by atoms with van der Waals surface area (Å²) in [5, 5.41) is 26.0. The number of carbonyl (C=O) groups excluding carboxylic acids is 1. The van der Waals surface area contributed by atoms with Crippen LogP contribution in [0.3, 0.4) is 0 Å². The van der Waals surface area contributed by atoms with E-state index >= 15 is 0 Å². The number of aromatic nitrogens is 1. The van der Waals surface area contributed by atoms with Crippen molar-refractivity contribution in [1.29, 1.82) is 0 Å². The molecule has 5 rings (SSSR count). The number of carbonyl (C=O) groups is 2. The zero-order valence-electron chi connectivity index (χ0n) is 27.3. The maximum Gasteiger partial charge on any atom is 0.346 e. The average Bonchev–Trinajstić information content (AvgIpc) is 3.53. The Hall–Kier alpha value is -3.87. The fraction of sp³-hybridized carbons (Fsp3) is 0.361. The van der Waals surface area contributed by atoms with Gasteiger partial charge in [0.05, 0.1) is 14.2 Å². The van der Waals surface area contributed by atoms with Crippen LogP contribution in [0.5, 0.6) is 11.5 Å². The van der Waals surface area contributed by atoms with Crippen molar-refractivity contribution < 1.29 is 33.6 Å². The highest BCUT2D eigenvalue weighted by molar-refractivity contribution is 7.14. The third kappa shape index (κ3) is 9.23. The highest BCUT2D eigenvalue weighted by Crippen LogP contribution is 2.41. The lowest BCUT2D eigenvalue weighted by molar-refractivity contribution is -0.605. The Morgan fingerprint density at radius 1 is 0.980 bits per heavy atom. The van der Waals surface area contributed by atoms with E-state index in [0.29, 0.717) is 45.4 Å². The van der Waals surface area contributed by atoms with Gasteiger partial charge in [-0.25, -0.2) is 9.59 Å². The number of hydrogen-bond donors (Lipinski definition) is 2. The summed E-state index contributed by atoms with van der Waals surface area (Å²) in [4.78, 5) is 29.3. The zero-order valence-corrected chi connectivity index (χ0v) is 29.7. The molecule has 10 nitrogen and oxygen atoms in total. The molecule has 0 radical (unpaired) electrons. The quantitative estimate of drug-likeness (QED) is 0.0788. The fourth-order valence-electron chi connectivity index (χ4n) is 6.11. The molecule has 1 fully saturated rings. The number of nitrogens with zero attached hydrogens (tertiary/aromatic N) is 2. The van der Waals surface area contributed by atoms with Gasteiger partial charge in [-0.15, -0.1) is 11.3 Å². The first-order valence-corrected chi connectivity index (χ1v) is 17.6. The first-order valence-electron chi connectivity index (χ1n) is 16.0. The summed E-state index contributed by atoms with van der Waals surface area (Å²) < 4.78 is 17.3. The van der Waals surface area contributed by atoms with Crippen LogP contribution < -0.4 is 19.5 Å². The molecule has 2 atom stereocenters. The smallest absolute Gasteiger partial charge is 0.346 e. The number of ether oxygens (including phenoxy) is 3. The number of carboxylic acid groups (broad SMARTS) is 1. The predicted octanol–water partition coefficient (Wildman–Crippen LogP) is 6.64. The van der Waals surface area contributed by atoms with E-state index in [9.17, 15) is 19.9 Å². The first kappa shape index (κ1) is 36.4. The van der Waals surface area contributed by atoms with E-state index in [1.807, 2.05) is 42.5 Å². The molecule has 0 bridgehead atoms. The van der Waals surface area contributed by atoms with Crippen LogP contribution >= 0.6 is 34.5 Å². The van der Waals surface area contributed by atoms with Crippen LogP contribution in [0.15, 0.2) is 67.0 Å². The van der Waals surface area contributed by atoms with E-state index in [2.05, 4.69) is 10.2 Å². The summed E-state index contributed by atoms with van der Waals surface area (Å²) >= 11 is 14.1. The van der Waals surface area contributed by atoms with Crippen LogP contribution in [-0.4, -0.2) is 62.4 Å². The van der Waals surface area contributed by atoms with Crippen LogP contribution in [0.4, 0.5) is 0 Å². The Bertz CT molecular complexity index is 1720. The highest BCUT2D eigenvalue weighted by Gasteiger charge is 2.29. The van der Waals surface area contributed by atoms with Crippen molar-refractivity contribution in [2.75, 3.05) is 40.5 Å². The minimum Gasteiger partial charge on any atom is -0.619 e. The van der Waals surface area contributed by atoms with Gasteiger partial charge in [0.25, 0.3) is 0 Å². The highest BCUT2D eigenvalue weighted by atomic mass is 35.5. The van der Waals surface area contributed by atoms with E-state index in [0.717, 1.165) is 48.4 Å². The van der Waals surface area contributed by atoms with Gasteiger partial charge in [0.1, 0.15) is 27.6 Å². The Morgan fingerprint density at radius 3 is 2.33 bits per heavy atom. The van der Waals surface area contributed by atoms with Gasteiger partial charge < -0.3 is 24.5 Å². The van der Waals surface area contributed by atoms with Crippen molar-refractivity contribution in [3.63, 3.8) is 0 Å². The summed E-state index contributed by atoms with van der Waals surface area (Å²) in [5.74, 6) is -1.08. The number of hydrogen-bond acceptors (Lipinski definition) is 9. The molecular weight excluding hydrogens is 689 g/mol. The van der Waals surface area contributed by atoms with Crippen molar-refractivity contribution >= 4 is 46.5 Å². The lowest BCUT2D eigenvalue weighted by Crippen LogP contribution is -2.35. The molecule has 1 saturated heterocycles.